The first-order valence-electron chi connectivity index (χ1n) is 8.34. The van der Waals surface area contributed by atoms with E-state index in [4.69, 9.17) is 5.73 Å². The molecule has 0 unspecified atom stereocenters. The lowest BCUT2D eigenvalue weighted by atomic mass is 10.1. The van der Waals surface area contributed by atoms with Gasteiger partial charge in [-0.05, 0) is 31.9 Å². The number of carbonyl (C=O) groups is 2. The van der Waals surface area contributed by atoms with Crippen LogP contribution in [-0.2, 0) is 16.0 Å². The lowest BCUT2D eigenvalue weighted by molar-refractivity contribution is -0.138. The lowest BCUT2D eigenvalue weighted by Crippen LogP contribution is -2.46. The number of rotatable bonds is 5. The summed E-state index contributed by atoms with van der Waals surface area (Å²) in [6.45, 7) is 2.85. The Morgan fingerprint density at radius 2 is 2.25 bits per heavy atom. The van der Waals surface area contributed by atoms with Gasteiger partial charge in [-0.2, -0.15) is 0 Å². The normalized spacial score (nSPS) is 20.5. The number of nitrogens with one attached hydrogen (secondary N) is 1. The van der Waals surface area contributed by atoms with Gasteiger partial charge < -0.3 is 20.4 Å². The average Bonchev–Trinajstić information content (AvgIpc) is 3.15. The molecule has 0 aromatic carbocycles. The van der Waals surface area contributed by atoms with Crippen molar-refractivity contribution in [2.75, 3.05) is 13.1 Å². The van der Waals surface area contributed by atoms with Gasteiger partial charge in [0.05, 0.1) is 5.69 Å². The van der Waals surface area contributed by atoms with E-state index < -0.39 is 6.04 Å². The Bertz CT molecular complexity index is 708. The summed E-state index contributed by atoms with van der Waals surface area (Å²) in [6, 6.07) is 5.20. The van der Waals surface area contributed by atoms with E-state index in [1.807, 2.05) is 41.9 Å². The molecule has 2 aromatic heterocycles. The van der Waals surface area contributed by atoms with Crippen LogP contribution in [-0.4, -0.2) is 51.3 Å². The van der Waals surface area contributed by atoms with E-state index in [1.54, 1.807) is 4.90 Å². The topological polar surface area (TPSA) is 92.7 Å². The molecule has 2 aromatic rings. The first kappa shape index (κ1) is 16.4. The van der Waals surface area contributed by atoms with Crippen LogP contribution in [0.25, 0.3) is 5.65 Å². The van der Waals surface area contributed by atoms with Crippen LogP contribution in [0.4, 0.5) is 0 Å². The maximum Gasteiger partial charge on any atom is 0.242 e. The molecule has 3 rings (SSSR count). The van der Waals surface area contributed by atoms with Gasteiger partial charge in [-0.3, -0.25) is 9.59 Å². The van der Waals surface area contributed by atoms with E-state index in [1.165, 1.54) is 0 Å². The van der Waals surface area contributed by atoms with Crippen molar-refractivity contribution in [2.45, 2.75) is 38.3 Å². The first-order valence-corrected chi connectivity index (χ1v) is 8.34. The molecule has 1 fully saturated rings. The average molecular weight is 329 g/mol. The third kappa shape index (κ3) is 3.41. The molecule has 1 saturated heterocycles. The van der Waals surface area contributed by atoms with Crippen LogP contribution < -0.4 is 11.1 Å². The number of likely N-dealkylation sites (N-methyl/N-ethyl adjacent to an activating group) is 1. The van der Waals surface area contributed by atoms with Gasteiger partial charge in [0.25, 0.3) is 0 Å². The van der Waals surface area contributed by atoms with Gasteiger partial charge in [0.15, 0.2) is 0 Å². The highest BCUT2D eigenvalue weighted by Crippen LogP contribution is 2.19. The first-order chi connectivity index (χ1) is 11.6. The molecular formula is C17H23N5O2. The molecule has 1 aliphatic rings. The summed E-state index contributed by atoms with van der Waals surface area (Å²) in [7, 11) is 0. The van der Waals surface area contributed by atoms with Gasteiger partial charge in [-0.1, -0.05) is 6.07 Å². The van der Waals surface area contributed by atoms with Crippen molar-refractivity contribution in [3.8, 4) is 0 Å². The Morgan fingerprint density at radius 1 is 1.42 bits per heavy atom. The van der Waals surface area contributed by atoms with Gasteiger partial charge in [0.1, 0.15) is 11.7 Å². The number of fused-ring (bicyclic) bond motifs is 1. The van der Waals surface area contributed by atoms with E-state index >= 15 is 0 Å². The van der Waals surface area contributed by atoms with Crippen molar-refractivity contribution in [2.24, 2.45) is 5.73 Å². The molecule has 0 spiro atoms. The number of amides is 2. The van der Waals surface area contributed by atoms with Crippen LogP contribution in [0.2, 0.25) is 0 Å². The number of likely N-dealkylation sites (tertiary alicyclic amines) is 1. The second kappa shape index (κ2) is 7.00. The molecular weight excluding hydrogens is 306 g/mol. The van der Waals surface area contributed by atoms with Crippen LogP contribution in [0.1, 0.15) is 25.5 Å². The maximum atomic E-state index is 12.6. The highest BCUT2D eigenvalue weighted by Gasteiger charge is 2.37. The number of pyridine rings is 1. The minimum Gasteiger partial charge on any atom is -0.355 e. The number of aryl methyl sites for hydroxylation is 1. The second-order valence-corrected chi connectivity index (χ2v) is 6.15. The van der Waals surface area contributed by atoms with Crippen molar-refractivity contribution in [3.63, 3.8) is 0 Å². The highest BCUT2D eigenvalue weighted by atomic mass is 16.2. The molecule has 0 saturated carbocycles. The summed E-state index contributed by atoms with van der Waals surface area (Å²) in [5.74, 6) is -0.164. The zero-order valence-corrected chi connectivity index (χ0v) is 13.8. The highest BCUT2D eigenvalue weighted by molar-refractivity contribution is 5.88. The number of hydrogen-bond acceptors (Lipinski definition) is 4. The van der Waals surface area contributed by atoms with E-state index in [-0.39, 0.29) is 17.9 Å². The van der Waals surface area contributed by atoms with Crippen molar-refractivity contribution >= 4 is 17.5 Å². The van der Waals surface area contributed by atoms with Gasteiger partial charge in [-0.15, -0.1) is 0 Å². The Labute approximate surface area is 140 Å². The molecule has 1 aliphatic heterocycles. The smallest absolute Gasteiger partial charge is 0.242 e. The van der Waals surface area contributed by atoms with Crippen molar-refractivity contribution in [3.05, 3.63) is 36.3 Å². The van der Waals surface area contributed by atoms with E-state index in [0.29, 0.717) is 32.4 Å². The third-order valence-electron chi connectivity index (χ3n) is 4.32. The molecule has 7 nitrogen and oxygen atoms in total. The number of carbonyl (C=O) groups excluding carboxylic acids is 2. The lowest BCUT2D eigenvalue weighted by Gasteiger charge is -2.23. The number of nitrogens with zero attached hydrogens (tertiary/aromatic N) is 3. The standard InChI is InChI=1S/C17H23N5O2/c1-2-19-17(24)14-9-12(18)10-22(14)16(23)7-6-13-11-21-8-4-3-5-15(21)20-13/h3-5,8,11-12,14H,2,6-7,9-10,18H2,1H3,(H,19,24)/t12-,14+/m1/s1. The summed E-state index contributed by atoms with van der Waals surface area (Å²) in [5, 5.41) is 2.78. The molecule has 0 bridgehead atoms. The van der Waals surface area contributed by atoms with Crippen molar-refractivity contribution in [1.82, 2.24) is 19.6 Å². The van der Waals surface area contributed by atoms with E-state index in [9.17, 15) is 9.59 Å². The summed E-state index contributed by atoms with van der Waals surface area (Å²) in [5.41, 5.74) is 7.69. The monoisotopic (exact) mass is 329 g/mol. The third-order valence-corrected chi connectivity index (χ3v) is 4.32. The molecule has 0 radical (unpaired) electrons. The number of hydrogen-bond donors (Lipinski definition) is 2. The summed E-state index contributed by atoms with van der Waals surface area (Å²) < 4.78 is 1.93. The van der Waals surface area contributed by atoms with E-state index in [0.717, 1.165) is 11.3 Å². The minimum absolute atomic E-state index is 0.0451. The summed E-state index contributed by atoms with van der Waals surface area (Å²) >= 11 is 0. The minimum atomic E-state index is -0.450. The fraction of sp³-hybridized carbons (Fsp3) is 0.471. The quantitative estimate of drug-likeness (QED) is 0.827. The van der Waals surface area contributed by atoms with Crippen molar-refractivity contribution in [1.29, 1.82) is 0 Å². The number of imidazole rings is 1. The number of aromatic nitrogens is 2. The summed E-state index contributed by atoms with van der Waals surface area (Å²) in [4.78, 5) is 30.8. The number of nitrogens with two attached hydrogens (primary N) is 1. The summed E-state index contributed by atoms with van der Waals surface area (Å²) in [6.07, 6.45) is 5.25. The van der Waals surface area contributed by atoms with Crippen LogP contribution in [0, 0.1) is 0 Å². The van der Waals surface area contributed by atoms with Crippen molar-refractivity contribution < 1.29 is 9.59 Å². The van der Waals surface area contributed by atoms with Crippen LogP contribution >= 0.6 is 0 Å². The van der Waals surface area contributed by atoms with Crippen LogP contribution in [0.3, 0.4) is 0 Å². The predicted molar refractivity (Wildman–Crippen MR) is 90.3 cm³/mol. The maximum absolute atomic E-state index is 12.6. The van der Waals surface area contributed by atoms with Gasteiger partial charge in [-0.25, -0.2) is 4.98 Å². The SMILES string of the molecule is CCNC(=O)[C@@H]1C[C@@H](N)CN1C(=O)CCc1cn2ccccc2n1. The largest absolute Gasteiger partial charge is 0.355 e. The predicted octanol–water partition coefficient (Wildman–Crippen LogP) is 0.331. The molecule has 0 aliphatic carbocycles. The molecule has 7 heteroatoms. The zero-order chi connectivity index (χ0) is 17.1. The Balaban J connectivity index is 1.63. The van der Waals surface area contributed by atoms with E-state index in [2.05, 4.69) is 10.3 Å². The zero-order valence-electron chi connectivity index (χ0n) is 13.8. The van der Waals surface area contributed by atoms with Crippen LogP contribution in [0.15, 0.2) is 30.6 Å². The van der Waals surface area contributed by atoms with Crippen LogP contribution in [0.5, 0.6) is 0 Å². The van der Waals surface area contributed by atoms with Gasteiger partial charge >= 0.3 is 0 Å². The fourth-order valence-corrected chi connectivity index (χ4v) is 3.17. The van der Waals surface area contributed by atoms with Gasteiger partial charge in [0.2, 0.25) is 11.8 Å². The molecule has 3 heterocycles. The fourth-order valence-electron chi connectivity index (χ4n) is 3.17. The van der Waals surface area contributed by atoms with Gasteiger partial charge in [0, 0.05) is 37.9 Å². The molecule has 3 N–H and O–H groups in total. The molecule has 24 heavy (non-hydrogen) atoms. The Kier molecular flexibility index (Phi) is 4.80. The second-order valence-electron chi connectivity index (χ2n) is 6.15. The molecule has 2 atom stereocenters. The molecule has 128 valence electrons. The molecule has 2 amide bonds. The Morgan fingerprint density at radius 3 is 3.00 bits per heavy atom. The Hall–Kier alpha value is -2.41.